The molecule has 1 amide bonds. The van der Waals surface area contributed by atoms with Crippen molar-refractivity contribution in [1.82, 2.24) is 15.1 Å². The highest BCUT2D eigenvalue weighted by Crippen LogP contribution is 2.31. The highest BCUT2D eigenvalue weighted by atomic mass is 35.5. The molecule has 164 valence electrons. The highest BCUT2D eigenvalue weighted by molar-refractivity contribution is 6.31. The lowest BCUT2D eigenvalue weighted by molar-refractivity contribution is -0.137. The number of likely N-dealkylation sites (N-methyl/N-ethyl adjacent to an activating group) is 1. The van der Waals surface area contributed by atoms with Gasteiger partial charge >= 0.3 is 0 Å². The lowest BCUT2D eigenvalue weighted by Crippen LogP contribution is -2.37. The molecule has 1 atom stereocenters. The van der Waals surface area contributed by atoms with Gasteiger partial charge in [-0.15, -0.1) is 10.2 Å². The smallest absolute Gasteiger partial charge is 0.263 e. The number of ether oxygens (including phenoxy) is 3. The van der Waals surface area contributed by atoms with Gasteiger partial charge in [-0.2, -0.15) is 0 Å². The van der Waals surface area contributed by atoms with Gasteiger partial charge in [0.05, 0.1) is 20.8 Å². The second-order valence-corrected chi connectivity index (χ2v) is 7.34. The number of rotatable bonds is 8. The molecule has 0 spiro atoms. The number of aromatic nitrogens is 2. The van der Waals surface area contributed by atoms with Crippen molar-refractivity contribution in [2.75, 3.05) is 21.3 Å². The van der Waals surface area contributed by atoms with E-state index in [1.54, 1.807) is 64.6 Å². The quantitative estimate of drug-likeness (QED) is 0.514. The summed E-state index contributed by atoms with van der Waals surface area (Å²) in [5.41, 5.74) is 1.56. The monoisotopic (exact) mass is 445 g/mol. The van der Waals surface area contributed by atoms with E-state index < -0.39 is 6.10 Å². The number of hydrogen-bond acceptors (Lipinski definition) is 7. The summed E-state index contributed by atoms with van der Waals surface area (Å²) in [5.74, 6) is 2.12. The molecule has 0 fully saturated rings. The van der Waals surface area contributed by atoms with Gasteiger partial charge < -0.3 is 23.5 Å². The molecule has 0 radical (unpaired) electrons. The molecule has 1 heterocycles. The Bertz CT molecular complexity index is 1070. The van der Waals surface area contributed by atoms with Crippen LogP contribution in [0.25, 0.3) is 11.5 Å². The molecule has 0 unspecified atom stereocenters. The third-order valence-corrected chi connectivity index (χ3v) is 5.06. The van der Waals surface area contributed by atoms with E-state index in [9.17, 15) is 4.79 Å². The molecule has 31 heavy (non-hydrogen) atoms. The molecule has 8 nitrogen and oxygen atoms in total. The first-order chi connectivity index (χ1) is 14.8. The highest BCUT2D eigenvalue weighted by Gasteiger charge is 2.22. The maximum atomic E-state index is 12.7. The minimum absolute atomic E-state index is 0.145. The lowest BCUT2D eigenvalue weighted by atomic mass is 10.2. The molecule has 0 bridgehead atoms. The van der Waals surface area contributed by atoms with E-state index >= 15 is 0 Å². The molecule has 9 heteroatoms. The summed E-state index contributed by atoms with van der Waals surface area (Å²) < 4.78 is 22.0. The second kappa shape index (κ2) is 9.70. The lowest BCUT2D eigenvalue weighted by Gasteiger charge is -2.21. The van der Waals surface area contributed by atoms with E-state index in [0.717, 1.165) is 5.56 Å². The first-order valence-electron chi connectivity index (χ1n) is 9.55. The number of halogens is 1. The summed E-state index contributed by atoms with van der Waals surface area (Å²) in [6.07, 6.45) is -0.696. The normalized spacial score (nSPS) is 11.7. The maximum absolute atomic E-state index is 12.7. The van der Waals surface area contributed by atoms with E-state index in [1.165, 1.54) is 4.90 Å². The summed E-state index contributed by atoms with van der Waals surface area (Å²) in [6, 6.07) is 10.5. The second-order valence-electron chi connectivity index (χ2n) is 6.94. The molecule has 0 saturated carbocycles. The van der Waals surface area contributed by atoms with Gasteiger partial charge in [-0.1, -0.05) is 11.6 Å². The van der Waals surface area contributed by atoms with Gasteiger partial charge in [0.1, 0.15) is 5.75 Å². The van der Waals surface area contributed by atoms with E-state index in [0.29, 0.717) is 39.6 Å². The van der Waals surface area contributed by atoms with Crippen molar-refractivity contribution in [3.8, 4) is 28.7 Å². The number of nitrogens with zero attached hydrogens (tertiary/aromatic N) is 3. The zero-order valence-corrected chi connectivity index (χ0v) is 18.8. The molecule has 0 saturated heterocycles. The van der Waals surface area contributed by atoms with Crippen LogP contribution in [0, 0.1) is 6.92 Å². The van der Waals surface area contributed by atoms with Gasteiger partial charge in [-0.25, -0.2) is 0 Å². The van der Waals surface area contributed by atoms with Crippen LogP contribution in [0.2, 0.25) is 5.02 Å². The molecular formula is C22H24ClN3O5. The Kier molecular flexibility index (Phi) is 7.02. The van der Waals surface area contributed by atoms with E-state index in [4.69, 9.17) is 30.2 Å². The average molecular weight is 446 g/mol. The molecule has 1 aromatic heterocycles. The Hall–Kier alpha value is -3.26. The van der Waals surface area contributed by atoms with Crippen LogP contribution in [0.3, 0.4) is 0 Å². The summed E-state index contributed by atoms with van der Waals surface area (Å²) in [4.78, 5) is 14.2. The molecular weight excluding hydrogens is 422 g/mol. The molecule has 3 rings (SSSR count). The topological polar surface area (TPSA) is 86.9 Å². The van der Waals surface area contributed by atoms with Gasteiger partial charge in [0, 0.05) is 17.6 Å². The fraction of sp³-hybridized carbons (Fsp3) is 0.318. The number of carbonyl (C=O) groups is 1. The van der Waals surface area contributed by atoms with E-state index in [1.807, 2.05) is 6.92 Å². The van der Waals surface area contributed by atoms with Gasteiger partial charge in [-0.3, -0.25) is 4.79 Å². The standard InChI is InChI=1S/C22H24ClN3O5/c1-13-10-16(7-8-17(13)23)30-14(2)22(27)26(3)12-20-24-25-21(31-20)15-6-9-18(28-4)19(11-15)29-5/h6-11,14H,12H2,1-5H3/t14-/m0/s1. The fourth-order valence-electron chi connectivity index (χ4n) is 2.94. The van der Waals surface area contributed by atoms with Crippen LogP contribution in [-0.4, -0.2) is 48.4 Å². The molecule has 0 N–H and O–H groups in total. The minimum atomic E-state index is -0.696. The Labute approximate surface area is 185 Å². The third kappa shape index (κ3) is 5.27. The minimum Gasteiger partial charge on any atom is -0.493 e. The molecule has 2 aromatic carbocycles. The number of hydrogen-bond donors (Lipinski definition) is 0. The number of methoxy groups -OCH3 is 2. The summed E-state index contributed by atoms with van der Waals surface area (Å²) >= 11 is 6.03. The summed E-state index contributed by atoms with van der Waals surface area (Å²) in [5, 5.41) is 8.75. The van der Waals surface area contributed by atoms with Crippen LogP contribution in [0.15, 0.2) is 40.8 Å². The van der Waals surface area contributed by atoms with Crippen molar-refractivity contribution in [1.29, 1.82) is 0 Å². The van der Waals surface area contributed by atoms with Crippen LogP contribution in [-0.2, 0) is 11.3 Å². The molecule has 0 aliphatic carbocycles. The van der Waals surface area contributed by atoms with Crippen LogP contribution < -0.4 is 14.2 Å². The molecule has 3 aromatic rings. The fourth-order valence-corrected chi connectivity index (χ4v) is 3.06. The van der Waals surface area contributed by atoms with Crippen molar-refractivity contribution >= 4 is 17.5 Å². The number of benzene rings is 2. The average Bonchev–Trinajstić information content (AvgIpc) is 3.23. The Morgan fingerprint density at radius 1 is 1.13 bits per heavy atom. The van der Waals surface area contributed by atoms with Crippen molar-refractivity contribution < 1.29 is 23.4 Å². The molecule has 0 aliphatic heterocycles. The van der Waals surface area contributed by atoms with Crippen molar-refractivity contribution in [3.63, 3.8) is 0 Å². The molecule has 0 aliphatic rings. The van der Waals surface area contributed by atoms with Crippen LogP contribution in [0.4, 0.5) is 0 Å². The first-order valence-corrected chi connectivity index (χ1v) is 9.92. The van der Waals surface area contributed by atoms with Crippen LogP contribution in [0.1, 0.15) is 18.4 Å². The first kappa shape index (κ1) is 22.4. The Morgan fingerprint density at radius 2 is 1.87 bits per heavy atom. The van der Waals surface area contributed by atoms with Crippen molar-refractivity contribution in [2.45, 2.75) is 26.5 Å². The predicted molar refractivity (Wildman–Crippen MR) is 116 cm³/mol. The van der Waals surface area contributed by atoms with Gasteiger partial charge in [0.15, 0.2) is 17.6 Å². The van der Waals surface area contributed by atoms with Gasteiger partial charge in [0.2, 0.25) is 11.8 Å². The zero-order chi connectivity index (χ0) is 22.5. The van der Waals surface area contributed by atoms with Crippen molar-refractivity contribution in [3.05, 3.63) is 52.9 Å². The third-order valence-electron chi connectivity index (χ3n) is 4.64. The zero-order valence-electron chi connectivity index (χ0n) is 18.0. The van der Waals surface area contributed by atoms with E-state index in [-0.39, 0.29) is 12.5 Å². The maximum Gasteiger partial charge on any atom is 0.263 e. The summed E-state index contributed by atoms with van der Waals surface area (Å²) in [6.45, 7) is 3.71. The van der Waals surface area contributed by atoms with Gasteiger partial charge in [0.25, 0.3) is 5.91 Å². The Morgan fingerprint density at radius 3 is 2.55 bits per heavy atom. The van der Waals surface area contributed by atoms with Gasteiger partial charge in [-0.05, 0) is 55.8 Å². The number of aryl methyl sites for hydroxylation is 1. The SMILES string of the molecule is COc1ccc(-c2nnc(CN(C)C(=O)[C@H](C)Oc3ccc(Cl)c(C)c3)o2)cc1OC. The summed E-state index contributed by atoms with van der Waals surface area (Å²) in [7, 11) is 4.76. The number of amides is 1. The van der Waals surface area contributed by atoms with Crippen LogP contribution in [0.5, 0.6) is 17.2 Å². The van der Waals surface area contributed by atoms with Crippen LogP contribution >= 0.6 is 11.6 Å². The number of carbonyl (C=O) groups excluding carboxylic acids is 1. The largest absolute Gasteiger partial charge is 0.493 e. The predicted octanol–water partition coefficient (Wildman–Crippen LogP) is 4.14. The van der Waals surface area contributed by atoms with Crippen molar-refractivity contribution in [2.24, 2.45) is 0 Å². The Balaban J connectivity index is 1.65. The van der Waals surface area contributed by atoms with E-state index in [2.05, 4.69) is 10.2 Å².